The Morgan fingerprint density at radius 2 is 2.04 bits per heavy atom. The highest BCUT2D eigenvalue weighted by Gasteiger charge is 2.94. The standard InChI is InChI=1S/C18H26O6/c1-6-22-15(20)18-11(13-9(2)23-16(3,4)24-13)10-7-8-17(18,21-5)14(18)12(10)19/h9-11,13-14H,6-8H2,1-5H3/t9-,10-,11-,13+,14+,17+,18+/m0/s1. The van der Waals surface area contributed by atoms with Crippen LogP contribution in [-0.2, 0) is 28.5 Å². The predicted molar refractivity (Wildman–Crippen MR) is 83.0 cm³/mol. The Balaban J connectivity index is 1.79. The maximum Gasteiger partial charge on any atom is 0.316 e. The molecule has 24 heavy (non-hydrogen) atoms. The number of ether oxygens (including phenoxy) is 4. The summed E-state index contributed by atoms with van der Waals surface area (Å²) in [6.45, 7) is 7.77. The van der Waals surface area contributed by atoms with Crippen LogP contribution in [0.25, 0.3) is 0 Å². The number of esters is 1. The lowest BCUT2D eigenvalue weighted by atomic mass is 9.67. The maximum absolute atomic E-state index is 13.0. The molecule has 134 valence electrons. The zero-order chi connectivity index (χ0) is 17.5. The van der Waals surface area contributed by atoms with Crippen LogP contribution in [0.4, 0.5) is 0 Å². The van der Waals surface area contributed by atoms with Crippen LogP contribution in [0.1, 0.15) is 40.5 Å². The van der Waals surface area contributed by atoms with Crippen molar-refractivity contribution in [2.45, 2.75) is 64.1 Å². The summed E-state index contributed by atoms with van der Waals surface area (Å²) in [7, 11) is 1.60. The van der Waals surface area contributed by atoms with Crippen LogP contribution in [0.2, 0.25) is 0 Å². The SMILES string of the molecule is CCOC(=O)[C@]12[C@H]([C@@H]3OC(C)(C)O[C@H]3C)[C@@H]3CC[C@@]1(OC)[C@H]2C3=O. The lowest BCUT2D eigenvalue weighted by molar-refractivity contribution is -0.178. The van der Waals surface area contributed by atoms with Gasteiger partial charge in [0.25, 0.3) is 0 Å². The number of hydrogen-bond donors (Lipinski definition) is 0. The largest absolute Gasteiger partial charge is 0.465 e. The average molecular weight is 338 g/mol. The van der Waals surface area contributed by atoms with Crippen molar-refractivity contribution in [3.05, 3.63) is 0 Å². The highest BCUT2D eigenvalue weighted by Crippen LogP contribution is 2.81. The van der Waals surface area contributed by atoms with E-state index in [1.165, 1.54) is 0 Å². The molecule has 4 saturated carbocycles. The van der Waals surface area contributed by atoms with Crippen LogP contribution < -0.4 is 0 Å². The van der Waals surface area contributed by atoms with Gasteiger partial charge >= 0.3 is 5.97 Å². The molecule has 7 atom stereocenters. The summed E-state index contributed by atoms with van der Waals surface area (Å²) in [4.78, 5) is 25.9. The molecule has 4 aliphatic carbocycles. The van der Waals surface area contributed by atoms with E-state index in [-0.39, 0.29) is 35.8 Å². The maximum atomic E-state index is 13.0. The van der Waals surface area contributed by atoms with E-state index in [1.54, 1.807) is 14.0 Å². The predicted octanol–water partition coefficient (Wildman–Crippen LogP) is 1.70. The molecule has 0 radical (unpaired) electrons. The second-order valence-corrected chi connectivity index (χ2v) is 7.99. The van der Waals surface area contributed by atoms with Crippen LogP contribution in [0.15, 0.2) is 0 Å². The first-order chi connectivity index (χ1) is 11.3. The molecule has 5 rings (SSSR count). The third-order valence-corrected chi connectivity index (χ3v) is 6.66. The highest BCUT2D eigenvalue weighted by molar-refractivity contribution is 6.05. The minimum atomic E-state index is -0.902. The van der Waals surface area contributed by atoms with Crippen molar-refractivity contribution in [3.8, 4) is 0 Å². The lowest BCUT2D eigenvalue weighted by Crippen LogP contribution is -2.52. The van der Waals surface area contributed by atoms with Gasteiger partial charge in [-0.25, -0.2) is 0 Å². The van der Waals surface area contributed by atoms with Gasteiger partial charge in [0.15, 0.2) is 5.79 Å². The Hall–Kier alpha value is -0.980. The average Bonchev–Trinajstić information content (AvgIpc) is 2.97. The Morgan fingerprint density at radius 1 is 1.33 bits per heavy atom. The molecular weight excluding hydrogens is 312 g/mol. The molecular formula is C18H26O6. The van der Waals surface area contributed by atoms with E-state index >= 15 is 0 Å². The topological polar surface area (TPSA) is 71.1 Å². The summed E-state index contributed by atoms with van der Waals surface area (Å²) in [5.41, 5.74) is -1.62. The van der Waals surface area contributed by atoms with E-state index in [0.29, 0.717) is 6.61 Å². The van der Waals surface area contributed by atoms with E-state index in [0.717, 1.165) is 12.8 Å². The van der Waals surface area contributed by atoms with Gasteiger partial charge in [0.1, 0.15) is 11.2 Å². The molecule has 1 saturated heterocycles. The van der Waals surface area contributed by atoms with Crippen LogP contribution in [-0.4, -0.2) is 49.1 Å². The van der Waals surface area contributed by atoms with Gasteiger partial charge in [0, 0.05) is 18.9 Å². The zero-order valence-electron chi connectivity index (χ0n) is 15.0. The Bertz CT molecular complexity index is 600. The highest BCUT2D eigenvalue weighted by atomic mass is 16.8. The minimum absolute atomic E-state index is 0.140. The van der Waals surface area contributed by atoms with E-state index < -0.39 is 22.7 Å². The quantitative estimate of drug-likeness (QED) is 0.727. The van der Waals surface area contributed by atoms with Gasteiger partial charge in [-0.05, 0) is 40.5 Å². The van der Waals surface area contributed by atoms with Crippen molar-refractivity contribution >= 4 is 11.8 Å². The number of carbonyl (C=O) groups excluding carboxylic acids is 2. The molecule has 5 aliphatic rings. The van der Waals surface area contributed by atoms with Gasteiger partial charge in [0.05, 0.1) is 30.3 Å². The smallest absolute Gasteiger partial charge is 0.316 e. The molecule has 6 nitrogen and oxygen atoms in total. The fourth-order valence-electron chi connectivity index (χ4n) is 6.10. The van der Waals surface area contributed by atoms with Gasteiger partial charge < -0.3 is 18.9 Å². The molecule has 0 aromatic heterocycles. The molecule has 0 N–H and O–H groups in total. The molecule has 1 heterocycles. The van der Waals surface area contributed by atoms with Crippen molar-refractivity contribution in [2.24, 2.45) is 23.2 Å². The Labute approximate surface area is 142 Å². The Kier molecular flexibility index (Phi) is 3.30. The van der Waals surface area contributed by atoms with E-state index in [4.69, 9.17) is 18.9 Å². The molecule has 1 aliphatic heterocycles. The first kappa shape index (κ1) is 16.5. The zero-order valence-corrected chi connectivity index (χ0v) is 15.0. The third-order valence-electron chi connectivity index (χ3n) is 6.66. The molecule has 6 heteroatoms. The first-order valence-electron chi connectivity index (χ1n) is 8.88. The third kappa shape index (κ3) is 1.62. The number of Topliss-reactive ketones (excluding diaryl/α,β-unsaturated/α-hetero) is 1. The molecule has 5 fully saturated rings. The summed E-state index contributed by atoms with van der Waals surface area (Å²) in [6, 6.07) is 0. The molecule has 0 amide bonds. The van der Waals surface area contributed by atoms with Crippen molar-refractivity contribution < 1.29 is 28.5 Å². The van der Waals surface area contributed by atoms with Crippen LogP contribution in [0.5, 0.6) is 0 Å². The van der Waals surface area contributed by atoms with Crippen LogP contribution >= 0.6 is 0 Å². The van der Waals surface area contributed by atoms with Crippen molar-refractivity contribution in [1.82, 2.24) is 0 Å². The fraction of sp³-hybridized carbons (Fsp3) is 0.889. The van der Waals surface area contributed by atoms with Gasteiger partial charge in [0.2, 0.25) is 0 Å². The van der Waals surface area contributed by atoms with Crippen molar-refractivity contribution in [3.63, 3.8) is 0 Å². The van der Waals surface area contributed by atoms with Crippen LogP contribution in [0.3, 0.4) is 0 Å². The lowest BCUT2D eigenvalue weighted by Gasteiger charge is -2.42. The summed E-state index contributed by atoms with van der Waals surface area (Å²) in [5.74, 6) is -1.67. The monoisotopic (exact) mass is 338 g/mol. The number of carbonyl (C=O) groups is 2. The molecule has 0 unspecified atom stereocenters. The van der Waals surface area contributed by atoms with Gasteiger partial charge in [-0.2, -0.15) is 0 Å². The number of fused-ring (bicyclic) bond motifs is 1. The van der Waals surface area contributed by atoms with Gasteiger partial charge in [-0.15, -0.1) is 0 Å². The number of rotatable bonds is 4. The molecule has 4 bridgehead atoms. The summed E-state index contributed by atoms with van der Waals surface area (Å²) >= 11 is 0. The molecule has 0 aromatic carbocycles. The van der Waals surface area contributed by atoms with Gasteiger partial charge in [-0.3, -0.25) is 9.59 Å². The van der Waals surface area contributed by atoms with Gasteiger partial charge in [-0.1, -0.05) is 0 Å². The fourth-order valence-corrected chi connectivity index (χ4v) is 6.10. The second kappa shape index (κ2) is 4.80. The van der Waals surface area contributed by atoms with Crippen molar-refractivity contribution in [1.29, 1.82) is 0 Å². The first-order valence-corrected chi connectivity index (χ1v) is 8.88. The summed E-state index contributed by atoms with van der Waals surface area (Å²) in [5, 5.41) is 0. The van der Waals surface area contributed by atoms with E-state index in [9.17, 15) is 9.59 Å². The van der Waals surface area contributed by atoms with E-state index in [1.807, 2.05) is 20.8 Å². The summed E-state index contributed by atoms with van der Waals surface area (Å²) in [6.07, 6.45) is 0.979. The number of methoxy groups -OCH3 is 1. The molecule has 0 aromatic rings. The second-order valence-electron chi connectivity index (χ2n) is 7.99. The summed E-state index contributed by atoms with van der Waals surface area (Å²) < 4.78 is 23.3. The minimum Gasteiger partial charge on any atom is -0.465 e. The van der Waals surface area contributed by atoms with E-state index in [2.05, 4.69) is 0 Å². The number of ketones is 1. The normalized spacial score (nSPS) is 50.9. The number of hydrogen-bond acceptors (Lipinski definition) is 6. The van der Waals surface area contributed by atoms with Crippen LogP contribution in [0, 0.1) is 23.2 Å². The van der Waals surface area contributed by atoms with Crippen molar-refractivity contribution in [2.75, 3.05) is 13.7 Å². The Morgan fingerprint density at radius 3 is 2.54 bits per heavy atom. The molecule has 0 spiro atoms.